The van der Waals surface area contributed by atoms with Crippen LogP contribution in [0.15, 0.2) is 97.3 Å². The quantitative estimate of drug-likeness (QED) is 0.258. The largest absolute Gasteiger partial charge is 0.486 e. The van der Waals surface area contributed by atoms with Crippen LogP contribution in [0.4, 0.5) is 10.1 Å². The summed E-state index contributed by atoms with van der Waals surface area (Å²) in [6.07, 6.45) is 3.09. The molecule has 0 aliphatic carbocycles. The van der Waals surface area contributed by atoms with E-state index in [1.165, 1.54) is 18.3 Å². The van der Waals surface area contributed by atoms with Gasteiger partial charge in [0.2, 0.25) is 0 Å². The molecule has 7 heteroatoms. The van der Waals surface area contributed by atoms with Crippen LogP contribution in [0, 0.1) is 5.82 Å². The van der Waals surface area contributed by atoms with Gasteiger partial charge >= 0.3 is 0 Å². The van der Waals surface area contributed by atoms with Gasteiger partial charge in [0, 0.05) is 23.7 Å². The smallest absolute Gasteiger partial charge is 0.276 e. The lowest BCUT2D eigenvalue weighted by Gasteiger charge is -2.21. The van der Waals surface area contributed by atoms with Crippen LogP contribution in [0.25, 0.3) is 10.9 Å². The molecule has 2 N–H and O–H groups in total. The van der Waals surface area contributed by atoms with Crippen molar-refractivity contribution in [3.8, 4) is 5.75 Å². The summed E-state index contributed by atoms with van der Waals surface area (Å²) in [4.78, 5) is 18.1. The van der Waals surface area contributed by atoms with Crippen molar-refractivity contribution >= 4 is 22.5 Å². The molecule has 0 aliphatic rings. The van der Waals surface area contributed by atoms with E-state index in [0.29, 0.717) is 29.2 Å². The minimum atomic E-state index is -1.20. The Hall–Kier alpha value is -4.49. The monoisotopic (exact) mass is 509 g/mol. The molecule has 0 saturated carbocycles. The third-order valence-electron chi connectivity index (χ3n) is 6.35. The summed E-state index contributed by atoms with van der Waals surface area (Å²) in [7, 11) is 0. The maximum atomic E-state index is 14.0. The molecule has 6 nitrogen and oxygen atoms in total. The Balaban J connectivity index is 1.62. The molecular formula is C31H28FN3O3. The van der Waals surface area contributed by atoms with E-state index in [1.807, 2.05) is 59.2 Å². The zero-order valence-corrected chi connectivity index (χ0v) is 21.2. The summed E-state index contributed by atoms with van der Waals surface area (Å²) in [5.74, 6) is -0.297. The molecule has 0 fully saturated rings. The van der Waals surface area contributed by atoms with Crippen LogP contribution in [0.3, 0.4) is 0 Å². The van der Waals surface area contributed by atoms with E-state index >= 15 is 0 Å². The second-order valence-electron chi connectivity index (χ2n) is 9.62. The van der Waals surface area contributed by atoms with Crippen molar-refractivity contribution in [1.29, 1.82) is 0 Å². The van der Waals surface area contributed by atoms with E-state index in [-0.39, 0.29) is 12.4 Å². The number of hydrogen-bond acceptors (Lipinski definition) is 4. The van der Waals surface area contributed by atoms with E-state index in [4.69, 9.17) is 4.74 Å². The molecule has 5 rings (SSSR count). The van der Waals surface area contributed by atoms with Crippen LogP contribution < -0.4 is 10.1 Å². The van der Waals surface area contributed by atoms with Gasteiger partial charge in [-0.25, -0.2) is 4.39 Å². The number of nitrogens with one attached hydrogen (secondary N) is 1. The van der Waals surface area contributed by atoms with Gasteiger partial charge in [-0.2, -0.15) is 0 Å². The van der Waals surface area contributed by atoms with Gasteiger partial charge in [0.15, 0.2) is 11.4 Å². The van der Waals surface area contributed by atoms with E-state index in [1.54, 1.807) is 38.2 Å². The zero-order valence-electron chi connectivity index (χ0n) is 21.2. The van der Waals surface area contributed by atoms with Crippen molar-refractivity contribution in [3.05, 3.63) is 126 Å². The maximum Gasteiger partial charge on any atom is 0.276 e. The van der Waals surface area contributed by atoms with Gasteiger partial charge in [-0.3, -0.25) is 9.78 Å². The minimum Gasteiger partial charge on any atom is -0.486 e. The molecule has 0 saturated heterocycles. The highest BCUT2D eigenvalue weighted by molar-refractivity contribution is 6.10. The van der Waals surface area contributed by atoms with Gasteiger partial charge in [0.05, 0.1) is 23.0 Å². The Labute approximate surface area is 220 Å². The summed E-state index contributed by atoms with van der Waals surface area (Å²) in [5.41, 5.74) is 2.65. The van der Waals surface area contributed by atoms with Gasteiger partial charge in [0.1, 0.15) is 12.4 Å². The first-order valence-corrected chi connectivity index (χ1v) is 12.3. The number of hydrogen-bond donors (Lipinski definition) is 2. The Morgan fingerprint density at radius 2 is 1.68 bits per heavy atom. The highest BCUT2D eigenvalue weighted by atomic mass is 19.1. The summed E-state index contributed by atoms with van der Waals surface area (Å²) in [6.45, 7) is 3.90. The van der Waals surface area contributed by atoms with Crippen molar-refractivity contribution in [2.45, 2.75) is 32.6 Å². The van der Waals surface area contributed by atoms with Crippen LogP contribution in [0.2, 0.25) is 0 Å². The lowest BCUT2D eigenvalue weighted by Crippen LogP contribution is -2.23. The number of carbonyl (C=O) groups is 1. The number of amides is 1. The average molecular weight is 510 g/mol. The minimum absolute atomic E-state index is 0.271. The molecule has 38 heavy (non-hydrogen) atoms. The van der Waals surface area contributed by atoms with Gasteiger partial charge < -0.3 is 19.7 Å². The van der Waals surface area contributed by atoms with Crippen LogP contribution >= 0.6 is 0 Å². The van der Waals surface area contributed by atoms with Crippen molar-refractivity contribution in [3.63, 3.8) is 0 Å². The molecule has 2 aromatic heterocycles. The summed E-state index contributed by atoms with van der Waals surface area (Å²) >= 11 is 0. The topological polar surface area (TPSA) is 76.4 Å². The number of rotatable bonds is 8. The number of benzene rings is 3. The molecule has 0 atom stereocenters. The van der Waals surface area contributed by atoms with Gasteiger partial charge in [-0.05, 0) is 55.3 Å². The lowest BCUT2D eigenvalue weighted by atomic mass is 9.98. The molecular weight excluding hydrogens is 481 g/mol. The molecule has 1 amide bonds. The van der Waals surface area contributed by atoms with Crippen LogP contribution in [0.1, 0.15) is 41.0 Å². The molecule has 0 unspecified atom stereocenters. The maximum absolute atomic E-state index is 14.0. The molecule has 192 valence electrons. The predicted octanol–water partition coefficient (Wildman–Crippen LogP) is 6.28. The normalized spacial score (nSPS) is 11.5. The molecule has 0 bridgehead atoms. The second-order valence-corrected chi connectivity index (χ2v) is 9.62. The third kappa shape index (κ3) is 5.28. The first-order valence-electron chi connectivity index (χ1n) is 12.3. The average Bonchev–Trinajstić information content (AvgIpc) is 3.22. The third-order valence-corrected chi connectivity index (χ3v) is 6.35. The summed E-state index contributed by atoms with van der Waals surface area (Å²) in [6, 6.07) is 25.2. The lowest BCUT2D eigenvalue weighted by molar-refractivity contribution is 0.0791. The van der Waals surface area contributed by atoms with Crippen molar-refractivity contribution in [2.24, 2.45) is 0 Å². The van der Waals surface area contributed by atoms with Crippen molar-refractivity contribution in [2.75, 3.05) is 5.32 Å². The molecule has 3 aromatic carbocycles. The number of ether oxygens (including phenoxy) is 1. The number of carbonyl (C=O) groups excluding carboxylic acids is 1. The number of aromatic nitrogens is 2. The van der Waals surface area contributed by atoms with Crippen molar-refractivity contribution in [1.82, 2.24) is 9.55 Å². The van der Waals surface area contributed by atoms with Crippen LogP contribution in [0.5, 0.6) is 5.75 Å². The molecule has 0 spiro atoms. The molecule has 0 radical (unpaired) electrons. The summed E-state index contributed by atoms with van der Waals surface area (Å²) < 4.78 is 21.8. The molecule has 2 heterocycles. The first kappa shape index (κ1) is 25.2. The SMILES string of the molecule is CC(C)(O)c1ccncc1NC(=O)c1c(OCc2ccccc2)c2ccccc2n1Cc1ccc(F)cc1. The number of nitrogens with zero attached hydrogens (tertiary/aromatic N) is 2. The molecule has 5 aromatic rings. The van der Waals surface area contributed by atoms with E-state index < -0.39 is 11.5 Å². The Bertz CT molecular complexity index is 1570. The Kier molecular flexibility index (Phi) is 6.94. The fraction of sp³-hybridized carbons (Fsp3) is 0.161. The predicted molar refractivity (Wildman–Crippen MR) is 146 cm³/mol. The fourth-order valence-corrected chi connectivity index (χ4v) is 4.52. The zero-order chi connectivity index (χ0) is 26.7. The second kappa shape index (κ2) is 10.5. The first-order chi connectivity index (χ1) is 18.3. The number of halogens is 1. The van der Waals surface area contributed by atoms with E-state index in [9.17, 15) is 14.3 Å². The number of aliphatic hydroxyl groups is 1. The van der Waals surface area contributed by atoms with Gasteiger partial charge in [-0.15, -0.1) is 0 Å². The number of anilines is 1. The van der Waals surface area contributed by atoms with Crippen LogP contribution in [-0.2, 0) is 18.8 Å². The fourth-order valence-electron chi connectivity index (χ4n) is 4.52. The Morgan fingerprint density at radius 3 is 2.42 bits per heavy atom. The van der Waals surface area contributed by atoms with E-state index in [0.717, 1.165) is 22.0 Å². The van der Waals surface area contributed by atoms with Crippen molar-refractivity contribution < 1.29 is 19.0 Å². The standard InChI is InChI=1S/C31H28FN3O3/c1-31(2,37)25-16-17-33-18-26(25)34-30(36)28-29(38-20-22-8-4-3-5-9-22)24-10-6-7-11-27(24)35(28)19-21-12-14-23(32)15-13-21/h3-18,37H,19-20H2,1-2H3,(H,34,36). The number of para-hydroxylation sites is 1. The highest BCUT2D eigenvalue weighted by Gasteiger charge is 2.27. The number of fused-ring (bicyclic) bond motifs is 1. The Morgan fingerprint density at radius 1 is 0.974 bits per heavy atom. The van der Waals surface area contributed by atoms with E-state index in [2.05, 4.69) is 10.3 Å². The highest BCUT2D eigenvalue weighted by Crippen LogP contribution is 2.36. The summed E-state index contributed by atoms with van der Waals surface area (Å²) in [5, 5.41) is 14.4. The molecule has 0 aliphatic heterocycles. The van der Waals surface area contributed by atoms with Gasteiger partial charge in [-0.1, -0.05) is 54.6 Å². The number of pyridine rings is 1. The van der Waals surface area contributed by atoms with Crippen LogP contribution in [-0.4, -0.2) is 20.6 Å². The van der Waals surface area contributed by atoms with Gasteiger partial charge in [0.25, 0.3) is 5.91 Å².